The van der Waals surface area contributed by atoms with Gasteiger partial charge in [0.05, 0.1) is 6.26 Å². The van der Waals surface area contributed by atoms with Gasteiger partial charge in [0.2, 0.25) is 10.0 Å². The molecule has 3 rings (SSSR count). The lowest BCUT2D eigenvalue weighted by Crippen LogP contribution is -2.53. The summed E-state index contributed by atoms with van der Waals surface area (Å²) < 4.78 is 38.7. The fourth-order valence-corrected chi connectivity index (χ4v) is 4.29. The molecule has 0 aromatic heterocycles. The number of halogens is 1. The van der Waals surface area contributed by atoms with Gasteiger partial charge in [-0.25, -0.2) is 12.8 Å². The van der Waals surface area contributed by atoms with Crippen LogP contribution < -0.4 is 0 Å². The third-order valence-electron chi connectivity index (χ3n) is 4.77. The molecule has 1 amide bonds. The van der Waals surface area contributed by atoms with Crippen molar-refractivity contribution in [2.75, 3.05) is 25.9 Å². The molecule has 3 aliphatic rings. The van der Waals surface area contributed by atoms with Crippen LogP contribution in [0, 0.1) is 5.92 Å². The zero-order valence-electron chi connectivity index (χ0n) is 11.0. The van der Waals surface area contributed by atoms with Gasteiger partial charge in [0.15, 0.2) is 5.67 Å². The Morgan fingerprint density at radius 1 is 1.32 bits per heavy atom. The molecule has 3 fully saturated rings. The van der Waals surface area contributed by atoms with Crippen LogP contribution in [0.1, 0.15) is 25.7 Å². The molecular weight excluding hydrogens is 271 g/mol. The summed E-state index contributed by atoms with van der Waals surface area (Å²) in [5, 5.41) is 0. The number of rotatable bonds is 2. The van der Waals surface area contributed by atoms with Gasteiger partial charge in [0.25, 0.3) is 5.91 Å². The molecule has 2 atom stereocenters. The molecule has 0 bridgehead atoms. The minimum Gasteiger partial charge on any atom is -0.335 e. The molecule has 0 radical (unpaired) electrons. The van der Waals surface area contributed by atoms with Crippen molar-refractivity contribution in [2.45, 2.75) is 37.4 Å². The number of carbonyl (C=O) groups excluding carboxylic acids is 1. The molecule has 2 aliphatic heterocycles. The van der Waals surface area contributed by atoms with Gasteiger partial charge < -0.3 is 4.90 Å². The second kappa shape index (κ2) is 4.15. The van der Waals surface area contributed by atoms with E-state index in [9.17, 15) is 17.6 Å². The van der Waals surface area contributed by atoms with E-state index in [0.717, 1.165) is 12.8 Å². The number of nitrogens with zero attached hydrogens (tertiary/aromatic N) is 2. The number of sulfonamides is 1. The maximum atomic E-state index is 14.2. The van der Waals surface area contributed by atoms with Crippen LogP contribution in [0.5, 0.6) is 0 Å². The average Bonchev–Trinajstić information content (AvgIpc) is 2.82. The van der Waals surface area contributed by atoms with Gasteiger partial charge in [-0.15, -0.1) is 0 Å². The topological polar surface area (TPSA) is 57.7 Å². The van der Waals surface area contributed by atoms with E-state index < -0.39 is 21.6 Å². The van der Waals surface area contributed by atoms with Crippen LogP contribution in [0.4, 0.5) is 4.39 Å². The molecule has 19 heavy (non-hydrogen) atoms. The molecule has 5 nitrogen and oxygen atoms in total. The van der Waals surface area contributed by atoms with Gasteiger partial charge in [-0.3, -0.25) is 4.79 Å². The fourth-order valence-electron chi connectivity index (χ4n) is 3.40. The Labute approximate surface area is 112 Å². The number of likely N-dealkylation sites (tertiary alicyclic amines) is 1. The first-order valence-electron chi connectivity index (χ1n) is 6.76. The Kier molecular flexibility index (Phi) is 2.91. The van der Waals surface area contributed by atoms with Crippen LogP contribution in [0.15, 0.2) is 0 Å². The van der Waals surface area contributed by atoms with Gasteiger partial charge in [0.1, 0.15) is 0 Å². The van der Waals surface area contributed by atoms with Crippen LogP contribution in [0.3, 0.4) is 0 Å². The standard InChI is InChI=1S/C12H19FN2O3S/c1-19(17,18)14-7-9-3-6-15(10(9)8-14)11(16)12(13)4-2-5-12/h9-10H,2-8H2,1H3/t9-,10+/m0/s1. The first-order chi connectivity index (χ1) is 8.81. The Bertz CT molecular complexity index is 503. The third-order valence-corrected chi connectivity index (χ3v) is 6.01. The number of hydrogen-bond donors (Lipinski definition) is 0. The Hall–Kier alpha value is -0.690. The fraction of sp³-hybridized carbons (Fsp3) is 0.917. The molecule has 7 heteroatoms. The second-order valence-electron chi connectivity index (χ2n) is 6.01. The largest absolute Gasteiger partial charge is 0.335 e. The van der Waals surface area contributed by atoms with Crippen molar-refractivity contribution in [3.63, 3.8) is 0 Å². The molecule has 2 saturated heterocycles. The molecule has 0 spiro atoms. The summed E-state index contributed by atoms with van der Waals surface area (Å²) in [6.07, 6.45) is 3.35. The summed E-state index contributed by atoms with van der Waals surface area (Å²) in [5.74, 6) is -0.246. The maximum Gasteiger partial charge on any atom is 0.260 e. The number of hydrogen-bond acceptors (Lipinski definition) is 3. The summed E-state index contributed by atoms with van der Waals surface area (Å²) >= 11 is 0. The van der Waals surface area contributed by atoms with E-state index in [1.165, 1.54) is 10.6 Å². The Balaban J connectivity index is 1.74. The minimum atomic E-state index is -3.22. The average molecular weight is 290 g/mol. The van der Waals surface area contributed by atoms with Crippen molar-refractivity contribution in [2.24, 2.45) is 5.92 Å². The number of carbonyl (C=O) groups is 1. The van der Waals surface area contributed by atoms with Crippen molar-refractivity contribution in [3.05, 3.63) is 0 Å². The predicted molar refractivity (Wildman–Crippen MR) is 67.7 cm³/mol. The predicted octanol–water partition coefficient (Wildman–Crippen LogP) is 0.371. The van der Waals surface area contributed by atoms with Crippen molar-refractivity contribution in [1.29, 1.82) is 0 Å². The quantitative estimate of drug-likeness (QED) is 0.738. The summed E-state index contributed by atoms with van der Waals surface area (Å²) in [6, 6.07) is -0.129. The van der Waals surface area contributed by atoms with E-state index >= 15 is 0 Å². The number of amides is 1. The van der Waals surface area contributed by atoms with Gasteiger partial charge in [0, 0.05) is 25.7 Å². The summed E-state index contributed by atoms with van der Waals surface area (Å²) in [6.45, 7) is 1.36. The molecule has 1 saturated carbocycles. The lowest BCUT2D eigenvalue weighted by Gasteiger charge is -2.37. The Morgan fingerprint density at radius 3 is 2.53 bits per heavy atom. The molecule has 0 N–H and O–H groups in total. The monoisotopic (exact) mass is 290 g/mol. The lowest BCUT2D eigenvalue weighted by atomic mass is 9.81. The van der Waals surface area contributed by atoms with E-state index in [1.807, 2.05) is 0 Å². The van der Waals surface area contributed by atoms with Gasteiger partial charge in [-0.1, -0.05) is 0 Å². The van der Waals surface area contributed by atoms with E-state index in [2.05, 4.69) is 0 Å². The first-order valence-corrected chi connectivity index (χ1v) is 8.61. The van der Waals surface area contributed by atoms with Crippen LogP contribution in [0.2, 0.25) is 0 Å². The highest BCUT2D eigenvalue weighted by Crippen LogP contribution is 2.41. The minimum absolute atomic E-state index is 0.129. The van der Waals surface area contributed by atoms with Gasteiger partial charge in [-0.05, 0) is 31.6 Å². The molecular formula is C12H19FN2O3S. The number of fused-ring (bicyclic) bond motifs is 1. The van der Waals surface area contributed by atoms with Crippen molar-refractivity contribution >= 4 is 15.9 Å². The SMILES string of the molecule is CS(=O)(=O)N1C[C@@H]2CCN(C(=O)C3(F)CCC3)[C@@H]2C1. The highest BCUT2D eigenvalue weighted by Gasteiger charge is 2.53. The molecule has 0 aromatic carbocycles. The maximum absolute atomic E-state index is 14.2. The van der Waals surface area contributed by atoms with Gasteiger partial charge >= 0.3 is 0 Å². The Morgan fingerprint density at radius 2 is 2.00 bits per heavy atom. The first kappa shape index (κ1) is 13.3. The van der Waals surface area contributed by atoms with E-state index in [0.29, 0.717) is 32.5 Å². The van der Waals surface area contributed by atoms with Crippen molar-refractivity contribution in [3.8, 4) is 0 Å². The molecule has 108 valence electrons. The smallest absolute Gasteiger partial charge is 0.260 e. The van der Waals surface area contributed by atoms with Crippen LogP contribution in [0.25, 0.3) is 0 Å². The number of alkyl halides is 1. The third kappa shape index (κ3) is 2.07. The van der Waals surface area contributed by atoms with E-state index in [1.54, 1.807) is 4.90 Å². The van der Waals surface area contributed by atoms with Crippen LogP contribution >= 0.6 is 0 Å². The van der Waals surface area contributed by atoms with Crippen LogP contribution in [-0.2, 0) is 14.8 Å². The normalized spacial score (nSPS) is 34.1. The summed E-state index contributed by atoms with van der Waals surface area (Å²) in [5.41, 5.74) is -1.67. The molecule has 0 aromatic rings. The summed E-state index contributed by atoms with van der Waals surface area (Å²) in [4.78, 5) is 13.8. The van der Waals surface area contributed by atoms with Crippen LogP contribution in [-0.4, -0.2) is 61.1 Å². The highest BCUT2D eigenvalue weighted by molar-refractivity contribution is 7.88. The zero-order valence-corrected chi connectivity index (χ0v) is 11.8. The van der Waals surface area contributed by atoms with Crippen molar-refractivity contribution in [1.82, 2.24) is 9.21 Å². The zero-order chi connectivity index (χ0) is 13.8. The van der Waals surface area contributed by atoms with E-state index in [-0.39, 0.29) is 12.0 Å². The summed E-state index contributed by atoms with van der Waals surface area (Å²) in [7, 11) is -3.22. The molecule has 2 heterocycles. The van der Waals surface area contributed by atoms with Crippen molar-refractivity contribution < 1.29 is 17.6 Å². The second-order valence-corrected chi connectivity index (χ2v) is 8.00. The lowest BCUT2D eigenvalue weighted by molar-refractivity contribution is -0.150. The molecule has 1 aliphatic carbocycles. The molecule has 0 unspecified atom stereocenters. The van der Waals surface area contributed by atoms with Gasteiger partial charge in [-0.2, -0.15) is 4.31 Å². The van der Waals surface area contributed by atoms with E-state index in [4.69, 9.17) is 0 Å². The highest BCUT2D eigenvalue weighted by atomic mass is 32.2.